The van der Waals surface area contributed by atoms with Crippen molar-refractivity contribution >= 4 is 11.9 Å². The number of nitrogens with one attached hydrogen (secondary N) is 2. The van der Waals surface area contributed by atoms with Crippen LogP contribution in [-0.4, -0.2) is 44.0 Å². The van der Waals surface area contributed by atoms with E-state index in [-0.39, 0.29) is 5.91 Å². The second-order valence-corrected chi connectivity index (χ2v) is 6.89. The summed E-state index contributed by atoms with van der Waals surface area (Å²) in [6, 6.07) is 18.5. The molecule has 0 spiro atoms. The SMILES string of the molecule is CN=C(NCc1ccc(C(=O)N(C)C)cc1)NC(C)CCc1ccccc1. The van der Waals surface area contributed by atoms with Gasteiger partial charge in [0.1, 0.15) is 0 Å². The van der Waals surface area contributed by atoms with Crippen LogP contribution in [0.1, 0.15) is 34.8 Å². The number of benzene rings is 2. The molecular weight excluding hydrogens is 336 g/mol. The highest BCUT2D eigenvalue weighted by Crippen LogP contribution is 2.07. The van der Waals surface area contributed by atoms with Crippen molar-refractivity contribution in [2.24, 2.45) is 4.99 Å². The fraction of sp³-hybridized carbons (Fsp3) is 0.364. The van der Waals surface area contributed by atoms with Gasteiger partial charge in [-0.2, -0.15) is 0 Å². The average Bonchev–Trinajstić information content (AvgIpc) is 2.70. The molecule has 2 N–H and O–H groups in total. The third-order valence-corrected chi connectivity index (χ3v) is 4.38. The highest BCUT2D eigenvalue weighted by Gasteiger charge is 2.08. The molecular formula is C22H30N4O. The van der Waals surface area contributed by atoms with E-state index in [9.17, 15) is 4.79 Å². The minimum atomic E-state index is 0.0132. The molecule has 0 bridgehead atoms. The van der Waals surface area contributed by atoms with Crippen LogP contribution in [0.3, 0.4) is 0 Å². The molecule has 1 unspecified atom stereocenters. The zero-order valence-corrected chi connectivity index (χ0v) is 16.7. The quantitative estimate of drug-likeness (QED) is 0.585. The predicted molar refractivity (Wildman–Crippen MR) is 112 cm³/mol. The van der Waals surface area contributed by atoms with Crippen molar-refractivity contribution in [2.75, 3.05) is 21.1 Å². The second kappa shape index (κ2) is 10.4. The van der Waals surface area contributed by atoms with Crippen molar-refractivity contribution in [3.05, 3.63) is 71.3 Å². The molecule has 0 aliphatic heterocycles. The van der Waals surface area contributed by atoms with E-state index in [2.05, 4.69) is 46.8 Å². The zero-order valence-electron chi connectivity index (χ0n) is 16.7. The summed E-state index contributed by atoms with van der Waals surface area (Å²) in [7, 11) is 5.29. The van der Waals surface area contributed by atoms with Gasteiger partial charge in [0, 0.05) is 39.3 Å². The molecule has 2 rings (SSSR count). The van der Waals surface area contributed by atoms with Crippen LogP contribution in [-0.2, 0) is 13.0 Å². The Labute approximate surface area is 162 Å². The van der Waals surface area contributed by atoms with Gasteiger partial charge in [0.25, 0.3) is 5.91 Å². The first kappa shape index (κ1) is 20.5. The van der Waals surface area contributed by atoms with Gasteiger partial charge < -0.3 is 15.5 Å². The first-order chi connectivity index (χ1) is 13.0. The van der Waals surface area contributed by atoms with Gasteiger partial charge in [-0.3, -0.25) is 9.79 Å². The highest BCUT2D eigenvalue weighted by atomic mass is 16.2. The minimum absolute atomic E-state index is 0.0132. The molecule has 0 saturated carbocycles. The second-order valence-electron chi connectivity index (χ2n) is 6.89. The average molecular weight is 367 g/mol. The van der Waals surface area contributed by atoms with Crippen LogP contribution in [0.25, 0.3) is 0 Å². The summed E-state index contributed by atoms with van der Waals surface area (Å²) in [5.74, 6) is 0.795. The molecule has 2 aromatic carbocycles. The van der Waals surface area contributed by atoms with E-state index in [0.29, 0.717) is 18.2 Å². The summed E-state index contributed by atoms with van der Waals surface area (Å²) in [6.07, 6.45) is 2.07. The van der Waals surface area contributed by atoms with Gasteiger partial charge in [0.15, 0.2) is 5.96 Å². The number of nitrogens with zero attached hydrogens (tertiary/aromatic N) is 2. The van der Waals surface area contributed by atoms with Gasteiger partial charge in [-0.25, -0.2) is 0 Å². The number of guanidine groups is 1. The predicted octanol–water partition coefficient (Wildman–Crippen LogP) is 3.07. The van der Waals surface area contributed by atoms with Gasteiger partial charge in [-0.15, -0.1) is 0 Å². The number of aliphatic imine (C=N–C) groups is 1. The van der Waals surface area contributed by atoms with E-state index in [1.165, 1.54) is 5.56 Å². The van der Waals surface area contributed by atoms with E-state index in [0.717, 1.165) is 24.4 Å². The molecule has 0 saturated heterocycles. The van der Waals surface area contributed by atoms with Crippen LogP contribution in [0.15, 0.2) is 59.6 Å². The van der Waals surface area contributed by atoms with Crippen LogP contribution in [0.2, 0.25) is 0 Å². The van der Waals surface area contributed by atoms with Gasteiger partial charge in [-0.05, 0) is 43.0 Å². The molecule has 5 heteroatoms. The topological polar surface area (TPSA) is 56.7 Å². The Morgan fingerprint density at radius 3 is 2.30 bits per heavy atom. The standard InChI is InChI=1S/C22H30N4O/c1-17(10-11-18-8-6-5-7-9-18)25-22(23-2)24-16-19-12-14-20(15-13-19)21(27)26(3)4/h5-9,12-15,17H,10-11,16H2,1-4H3,(H2,23,24,25). The van der Waals surface area contributed by atoms with E-state index in [4.69, 9.17) is 0 Å². The Morgan fingerprint density at radius 1 is 1.04 bits per heavy atom. The monoisotopic (exact) mass is 366 g/mol. The van der Waals surface area contributed by atoms with Crippen molar-refractivity contribution in [3.8, 4) is 0 Å². The van der Waals surface area contributed by atoms with E-state index >= 15 is 0 Å². The third-order valence-electron chi connectivity index (χ3n) is 4.38. The molecule has 0 aromatic heterocycles. The molecule has 144 valence electrons. The number of amides is 1. The van der Waals surface area contributed by atoms with Crippen LogP contribution in [0.4, 0.5) is 0 Å². The lowest BCUT2D eigenvalue weighted by Gasteiger charge is -2.18. The van der Waals surface area contributed by atoms with Crippen molar-refractivity contribution in [3.63, 3.8) is 0 Å². The molecule has 0 radical (unpaired) electrons. The number of hydrogen-bond acceptors (Lipinski definition) is 2. The lowest BCUT2D eigenvalue weighted by molar-refractivity contribution is 0.0827. The van der Waals surface area contributed by atoms with Crippen molar-refractivity contribution < 1.29 is 4.79 Å². The smallest absolute Gasteiger partial charge is 0.253 e. The summed E-state index contributed by atoms with van der Waals surface area (Å²) in [4.78, 5) is 17.8. The Hall–Kier alpha value is -2.82. The van der Waals surface area contributed by atoms with Crippen LogP contribution in [0.5, 0.6) is 0 Å². The maximum absolute atomic E-state index is 11.9. The van der Waals surface area contributed by atoms with E-state index < -0.39 is 0 Å². The normalized spacial score (nSPS) is 12.4. The zero-order chi connectivity index (χ0) is 19.6. The summed E-state index contributed by atoms with van der Waals surface area (Å²) in [5, 5.41) is 6.76. The van der Waals surface area contributed by atoms with Gasteiger partial charge in [-0.1, -0.05) is 42.5 Å². The molecule has 27 heavy (non-hydrogen) atoms. The molecule has 0 aliphatic carbocycles. The lowest BCUT2D eigenvalue weighted by atomic mass is 10.1. The minimum Gasteiger partial charge on any atom is -0.354 e. The fourth-order valence-electron chi connectivity index (χ4n) is 2.74. The molecule has 1 amide bonds. The maximum Gasteiger partial charge on any atom is 0.253 e. The maximum atomic E-state index is 11.9. The lowest BCUT2D eigenvalue weighted by Crippen LogP contribution is -2.42. The Morgan fingerprint density at radius 2 is 1.70 bits per heavy atom. The Kier molecular flexibility index (Phi) is 7.86. The molecule has 5 nitrogen and oxygen atoms in total. The largest absolute Gasteiger partial charge is 0.354 e. The van der Waals surface area contributed by atoms with Crippen molar-refractivity contribution in [1.82, 2.24) is 15.5 Å². The molecule has 1 atom stereocenters. The molecule has 0 fully saturated rings. The number of carbonyl (C=O) groups excluding carboxylic acids is 1. The summed E-state index contributed by atoms with van der Waals surface area (Å²) in [6.45, 7) is 2.82. The van der Waals surface area contributed by atoms with E-state index in [1.807, 2.05) is 30.3 Å². The van der Waals surface area contributed by atoms with Crippen LogP contribution in [0, 0.1) is 0 Å². The summed E-state index contributed by atoms with van der Waals surface area (Å²) in [5.41, 5.74) is 3.15. The summed E-state index contributed by atoms with van der Waals surface area (Å²) < 4.78 is 0. The Balaban J connectivity index is 1.80. The highest BCUT2D eigenvalue weighted by molar-refractivity contribution is 5.93. The van der Waals surface area contributed by atoms with Gasteiger partial charge in [0.2, 0.25) is 0 Å². The number of aryl methyl sites for hydroxylation is 1. The van der Waals surface area contributed by atoms with Crippen molar-refractivity contribution in [1.29, 1.82) is 0 Å². The van der Waals surface area contributed by atoms with Gasteiger partial charge >= 0.3 is 0 Å². The molecule has 2 aromatic rings. The van der Waals surface area contributed by atoms with Gasteiger partial charge in [0.05, 0.1) is 0 Å². The van der Waals surface area contributed by atoms with Crippen LogP contribution < -0.4 is 10.6 Å². The number of rotatable bonds is 7. The van der Waals surface area contributed by atoms with Crippen LogP contribution >= 0.6 is 0 Å². The molecule has 0 aliphatic rings. The van der Waals surface area contributed by atoms with E-state index in [1.54, 1.807) is 26.0 Å². The van der Waals surface area contributed by atoms with Crippen molar-refractivity contribution in [2.45, 2.75) is 32.4 Å². The summed E-state index contributed by atoms with van der Waals surface area (Å²) >= 11 is 0. The first-order valence-electron chi connectivity index (χ1n) is 9.31. The number of hydrogen-bond donors (Lipinski definition) is 2. The first-order valence-corrected chi connectivity index (χ1v) is 9.31. The Bertz CT molecular complexity index is 739. The fourth-order valence-corrected chi connectivity index (χ4v) is 2.74. The third kappa shape index (κ3) is 6.77. The molecule has 0 heterocycles. The number of carbonyl (C=O) groups is 1.